The molecule has 1 aliphatic carbocycles. The molecule has 164 valence electrons. The van der Waals surface area contributed by atoms with Crippen LogP contribution in [0.2, 0.25) is 0 Å². The number of aryl methyl sites for hydroxylation is 1. The van der Waals surface area contributed by atoms with E-state index in [-0.39, 0.29) is 28.9 Å². The Morgan fingerprint density at radius 3 is 2.81 bits per heavy atom. The van der Waals surface area contributed by atoms with E-state index in [1.165, 1.54) is 12.3 Å². The minimum atomic E-state index is -2.72. The van der Waals surface area contributed by atoms with Crippen molar-refractivity contribution in [2.45, 2.75) is 45.2 Å². The minimum absolute atomic E-state index is 0.133. The third-order valence-electron chi connectivity index (χ3n) is 5.84. The second kappa shape index (κ2) is 8.14. The Morgan fingerprint density at radius 2 is 2.03 bits per heavy atom. The van der Waals surface area contributed by atoms with Gasteiger partial charge >= 0.3 is 0 Å². The number of hydrogen-bond donors (Lipinski definition) is 1. The zero-order valence-corrected chi connectivity index (χ0v) is 17.5. The van der Waals surface area contributed by atoms with Crippen LogP contribution in [0.1, 0.15) is 63.9 Å². The van der Waals surface area contributed by atoms with Crippen LogP contribution in [0, 0.1) is 6.92 Å². The van der Waals surface area contributed by atoms with E-state index in [2.05, 4.69) is 32.6 Å². The van der Waals surface area contributed by atoms with E-state index in [4.69, 9.17) is 0 Å². The Hall–Kier alpha value is -3.62. The number of nitrogens with zero attached hydrogens (tertiary/aromatic N) is 5. The fraction of sp³-hybridized carbons (Fsp3) is 0.304. The summed E-state index contributed by atoms with van der Waals surface area (Å²) in [4.78, 5) is 17.3. The monoisotopic (exact) mass is 436 g/mol. The van der Waals surface area contributed by atoms with Gasteiger partial charge in [-0.25, -0.2) is 18.3 Å². The van der Waals surface area contributed by atoms with Gasteiger partial charge in [-0.3, -0.25) is 9.48 Å². The summed E-state index contributed by atoms with van der Waals surface area (Å²) in [5.41, 5.74) is 3.70. The van der Waals surface area contributed by atoms with Crippen LogP contribution >= 0.6 is 0 Å². The van der Waals surface area contributed by atoms with Gasteiger partial charge in [0.2, 0.25) is 0 Å². The highest BCUT2D eigenvalue weighted by atomic mass is 19.3. The zero-order valence-electron chi connectivity index (χ0n) is 17.5. The highest BCUT2D eigenvalue weighted by molar-refractivity contribution is 5.99. The summed E-state index contributed by atoms with van der Waals surface area (Å²) in [6, 6.07) is 11.2. The highest BCUT2D eigenvalue weighted by Gasteiger charge is 2.28. The van der Waals surface area contributed by atoms with Crippen LogP contribution in [0.5, 0.6) is 0 Å². The average molecular weight is 436 g/mol. The molecule has 1 aliphatic rings. The van der Waals surface area contributed by atoms with E-state index in [9.17, 15) is 13.6 Å². The van der Waals surface area contributed by atoms with Gasteiger partial charge in [0.1, 0.15) is 11.3 Å². The van der Waals surface area contributed by atoms with Crippen molar-refractivity contribution in [1.29, 1.82) is 0 Å². The Labute approximate surface area is 183 Å². The molecule has 1 N–H and O–H groups in total. The standard InChI is InChI=1S/C23H22F2N6O/c1-14-10-20(21(24)25)31-22(28-14)17(12-27-31)23(32)29-18-8-5-9-19-16(18)11-26-30(19)13-15-6-3-2-4-7-15/h2-4,6-7,10-12,18,21H,5,8-9,13H2,1H3,(H,29,32)/t18-/m0/s1. The quantitative estimate of drug-likeness (QED) is 0.513. The molecule has 9 heteroatoms. The third kappa shape index (κ3) is 3.63. The maximum absolute atomic E-state index is 13.4. The maximum atomic E-state index is 13.4. The number of amides is 1. The van der Waals surface area contributed by atoms with E-state index in [0.29, 0.717) is 12.2 Å². The van der Waals surface area contributed by atoms with E-state index >= 15 is 0 Å². The molecule has 3 heterocycles. The molecule has 1 atom stereocenters. The van der Waals surface area contributed by atoms with E-state index in [1.54, 1.807) is 6.92 Å². The molecule has 5 rings (SSSR count). The van der Waals surface area contributed by atoms with Crippen molar-refractivity contribution in [3.05, 3.63) is 82.6 Å². The lowest BCUT2D eigenvalue weighted by Crippen LogP contribution is -2.31. The van der Waals surface area contributed by atoms with Gasteiger partial charge in [0.05, 0.1) is 25.0 Å². The molecular formula is C23H22F2N6O. The summed E-state index contributed by atoms with van der Waals surface area (Å²) in [7, 11) is 0. The number of alkyl halides is 2. The summed E-state index contributed by atoms with van der Waals surface area (Å²) in [6.45, 7) is 2.29. The van der Waals surface area contributed by atoms with Crippen molar-refractivity contribution < 1.29 is 13.6 Å². The molecule has 0 aliphatic heterocycles. The first-order valence-electron chi connectivity index (χ1n) is 10.5. The zero-order chi connectivity index (χ0) is 22.2. The van der Waals surface area contributed by atoms with Crippen LogP contribution in [0.25, 0.3) is 5.65 Å². The SMILES string of the molecule is Cc1cc(C(F)F)n2ncc(C(=O)N[C@H]3CCCc4c3cnn4Cc3ccccc3)c2n1. The molecule has 0 radical (unpaired) electrons. The second-order valence-corrected chi connectivity index (χ2v) is 8.02. The predicted molar refractivity (Wildman–Crippen MR) is 114 cm³/mol. The Morgan fingerprint density at radius 1 is 1.22 bits per heavy atom. The first kappa shape index (κ1) is 20.3. The maximum Gasteiger partial charge on any atom is 0.280 e. The van der Waals surface area contributed by atoms with E-state index in [1.807, 2.05) is 29.1 Å². The van der Waals surface area contributed by atoms with E-state index in [0.717, 1.165) is 40.6 Å². The highest BCUT2D eigenvalue weighted by Crippen LogP contribution is 2.30. The number of carbonyl (C=O) groups excluding carboxylic acids is 1. The van der Waals surface area contributed by atoms with Crippen molar-refractivity contribution >= 4 is 11.6 Å². The van der Waals surface area contributed by atoms with E-state index < -0.39 is 6.43 Å². The number of fused-ring (bicyclic) bond motifs is 2. The van der Waals surface area contributed by atoms with Crippen LogP contribution in [0.3, 0.4) is 0 Å². The predicted octanol–water partition coefficient (Wildman–Crippen LogP) is 4.03. The number of halogens is 2. The first-order chi connectivity index (χ1) is 15.5. The van der Waals surface area contributed by atoms with Gasteiger partial charge in [0, 0.05) is 17.0 Å². The summed E-state index contributed by atoms with van der Waals surface area (Å²) < 4.78 is 29.8. The molecule has 0 saturated carbocycles. The van der Waals surface area contributed by atoms with Gasteiger partial charge in [0.15, 0.2) is 5.65 Å². The summed E-state index contributed by atoms with van der Waals surface area (Å²) >= 11 is 0. The molecule has 4 aromatic rings. The molecule has 3 aromatic heterocycles. The van der Waals surface area contributed by atoms with Crippen LogP contribution in [0.15, 0.2) is 48.8 Å². The van der Waals surface area contributed by atoms with Crippen molar-refractivity contribution in [3.63, 3.8) is 0 Å². The van der Waals surface area contributed by atoms with Crippen LogP contribution in [-0.2, 0) is 13.0 Å². The molecule has 7 nitrogen and oxygen atoms in total. The molecule has 0 bridgehead atoms. The topological polar surface area (TPSA) is 77.1 Å². The summed E-state index contributed by atoms with van der Waals surface area (Å²) in [5, 5.41) is 11.6. The van der Waals surface area contributed by atoms with Gasteiger partial charge in [-0.1, -0.05) is 30.3 Å². The number of carbonyl (C=O) groups is 1. The Bertz CT molecular complexity index is 1280. The fourth-order valence-electron chi connectivity index (χ4n) is 4.33. The number of benzene rings is 1. The molecule has 0 unspecified atom stereocenters. The average Bonchev–Trinajstić information content (AvgIpc) is 3.39. The second-order valence-electron chi connectivity index (χ2n) is 8.02. The normalized spacial score (nSPS) is 15.8. The van der Waals surface area contributed by atoms with Gasteiger partial charge in [-0.05, 0) is 37.8 Å². The summed E-state index contributed by atoms with van der Waals surface area (Å²) in [5.74, 6) is -0.382. The largest absolute Gasteiger partial charge is 0.345 e. The molecule has 0 saturated heterocycles. The first-order valence-corrected chi connectivity index (χ1v) is 10.5. The van der Waals surface area contributed by atoms with Crippen molar-refractivity contribution in [3.8, 4) is 0 Å². The minimum Gasteiger partial charge on any atom is -0.345 e. The number of aromatic nitrogens is 5. The number of nitrogens with one attached hydrogen (secondary N) is 1. The van der Waals surface area contributed by atoms with Gasteiger partial charge in [-0.2, -0.15) is 10.2 Å². The van der Waals surface area contributed by atoms with Crippen LogP contribution in [0.4, 0.5) is 8.78 Å². The summed E-state index contributed by atoms with van der Waals surface area (Å²) in [6.07, 6.45) is 2.99. The number of hydrogen-bond acceptors (Lipinski definition) is 4. The molecule has 0 spiro atoms. The fourth-order valence-corrected chi connectivity index (χ4v) is 4.33. The Kier molecular flexibility index (Phi) is 5.16. The molecule has 32 heavy (non-hydrogen) atoms. The van der Waals surface area contributed by atoms with Gasteiger partial charge in [-0.15, -0.1) is 0 Å². The molecule has 0 fully saturated rings. The molecule has 1 amide bonds. The molecule has 1 aromatic carbocycles. The van der Waals surface area contributed by atoms with Crippen LogP contribution in [-0.4, -0.2) is 30.3 Å². The van der Waals surface area contributed by atoms with Crippen molar-refractivity contribution in [1.82, 2.24) is 29.7 Å². The van der Waals surface area contributed by atoms with Gasteiger partial charge in [0.25, 0.3) is 12.3 Å². The number of rotatable bonds is 5. The lowest BCUT2D eigenvalue weighted by molar-refractivity contribution is 0.0934. The lowest BCUT2D eigenvalue weighted by atomic mass is 9.92. The Balaban J connectivity index is 1.41. The lowest BCUT2D eigenvalue weighted by Gasteiger charge is -2.24. The van der Waals surface area contributed by atoms with Gasteiger partial charge < -0.3 is 5.32 Å². The van der Waals surface area contributed by atoms with Crippen molar-refractivity contribution in [2.24, 2.45) is 0 Å². The van der Waals surface area contributed by atoms with Crippen LogP contribution < -0.4 is 5.32 Å². The smallest absolute Gasteiger partial charge is 0.280 e. The third-order valence-corrected chi connectivity index (χ3v) is 5.84. The molecular weight excluding hydrogens is 414 g/mol. The van der Waals surface area contributed by atoms with Crippen molar-refractivity contribution in [2.75, 3.05) is 0 Å².